The Morgan fingerprint density at radius 2 is 1.75 bits per heavy atom. The van der Waals surface area contributed by atoms with Gasteiger partial charge in [-0.2, -0.15) is 0 Å². The van der Waals surface area contributed by atoms with Crippen LogP contribution < -0.4 is 10.2 Å². The third kappa shape index (κ3) is 1.96. The van der Waals surface area contributed by atoms with E-state index in [1.807, 2.05) is 4.90 Å². The van der Waals surface area contributed by atoms with Gasteiger partial charge >= 0.3 is 0 Å². The van der Waals surface area contributed by atoms with Gasteiger partial charge in [-0.15, -0.1) is 0 Å². The summed E-state index contributed by atoms with van der Waals surface area (Å²) < 4.78 is 27.3. The van der Waals surface area contributed by atoms with Crippen molar-refractivity contribution in [2.24, 2.45) is 0 Å². The summed E-state index contributed by atoms with van der Waals surface area (Å²) in [5.74, 6) is -1.53. The van der Waals surface area contributed by atoms with Crippen molar-refractivity contribution in [1.29, 1.82) is 0 Å². The molecule has 0 aliphatic carbocycles. The summed E-state index contributed by atoms with van der Waals surface area (Å²) >= 11 is 0. The number of piperidine rings is 1. The largest absolute Gasteiger partial charge is 0.386 e. The van der Waals surface area contributed by atoms with Gasteiger partial charge in [0.25, 0.3) is 0 Å². The van der Waals surface area contributed by atoms with Gasteiger partial charge in [-0.3, -0.25) is 0 Å². The molecule has 1 N–H and O–H groups in total. The van der Waals surface area contributed by atoms with Gasteiger partial charge in [0, 0.05) is 20.1 Å². The molecule has 0 amide bonds. The zero-order chi connectivity index (χ0) is 11.5. The monoisotopic (exact) mass is 226 g/mol. The first kappa shape index (κ1) is 11.2. The van der Waals surface area contributed by atoms with Crippen LogP contribution in [0.2, 0.25) is 0 Å². The highest BCUT2D eigenvalue weighted by atomic mass is 19.2. The van der Waals surface area contributed by atoms with E-state index in [1.165, 1.54) is 6.42 Å². The van der Waals surface area contributed by atoms with Gasteiger partial charge in [0.1, 0.15) is 0 Å². The van der Waals surface area contributed by atoms with Crippen LogP contribution in [0.5, 0.6) is 0 Å². The van der Waals surface area contributed by atoms with Crippen LogP contribution in [-0.4, -0.2) is 20.1 Å². The van der Waals surface area contributed by atoms with Gasteiger partial charge in [0.15, 0.2) is 11.6 Å². The highest BCUT2D eigenvalue weighted by Crippen LogP contribution is 2.28. The number of nitrogens with zero attached hydrogens (tertiary/aromatic N) is 1. The molecule has 1 aliphatic heterocycles. The van der Waals surface area contributed by atoms with Crippen molar-refractivity contribution in [3.05, 3.63) is 23.8 Å². The minimum Gasteiger partial charge on any atom is -0.386 e. The molecule has 0 radical (unpaired) electrons. The topological polar surface area (TPSA) is 15.3 Å². The fourth-order valence-corrected chi connectivity index (χ4v) is 2.11. The van der Waals surface area contributed by atoms with Crippen LogP contribution in [0.4, 0.5) is 20.2 Å². The minimum atomic E-state index is -0.787. The molecule has 0 atom stereocenters. The van der Waals surface area contributed by atoms with Crippen molar-refractivity contribution in [2.45, 2.75) is 19.3 Å². The number of hydrogen-bond acceptors (Lipinski definition) is 2. The lowest BCUT2D eigenvalue weighted by molar-refractivity contribution is 0.499. The molecule has 1 aromatic rings. The lowest BCUT2D eigenvalue weighted by Gasteiger charge is -2.29. The maximum absolute atomic E-state index is 13.8. The number of nitrogens with one attached hydrogen (secondary N) is 1. The SMILES string of the molecule is CNc1ccc(N2CCCCC2)c(F)c1F. The van der Waals surface area contributed by atoms with Gasteiger partial charge in [0.05, 0.1) is 11.4 Å². The second-order valence-electron chi connectivity index (χ2n) is 4.06. The van der Waals surface area contributed by atoms with Gasteiger partial charge in [-0.05, 0) is 31.4 Å². The number of halogens is 2. The zero-order valence-electron chi connectivity index (χ0n) is 9.39. The van der Waals surface area contributed by atoms with E-state index >= 15 is 0 Å². The first-order valence-corrected chi connectivity index (χ1v) is 5.64. The summed E-state index contributed by atoms with van der Waals surface area (Å²) in [5.41, 5.74) is 0.592. The molecule has 88 valence electrons. The first-order chi connectivity index (χ1) is 7.74. The molecule has 16 heavy (non-hydrogen) atoms. The Hall–Kier alpha value is -1.32. The Labute approximate surface area is 94.3 Å². The van der Waals surface area contributed by atoms with E-state index in [-0.39, 0.29) is 5.69 Å². The van der Waals surface area contributed by atoms with Crippen LogP contribution in [0, 0.1) is 11.6 Å². The summed E-state index contributed by atoms with van der Waals surface area (Å²) in [4.78, 5) is 1.92. The quantitative estimate of drug-likeness (QED) is 0.834. The van der Waals surface area contributed by atoms with E-state index in [9.17, 15) is 8.78 Å². The van der Waals surface area contributed by atoms with E-state index < -0.39 is 11.6 Å². The van der Waals surface area contributed by atoms with Gasteiger partial charge in [-0.1, -0.05) is 0 Å². The van der Waals surface area contributed by atoms with E-state index in [0.717, 1.165) is 25.9 Å². The van der Waals surface area contributed by atoms with Crippen LogP contribution >= 0.6 is 0 Å². The number of hydrogen-bond donors (Lipinski definition) is 1. The number of benzene rings is 1. The Morgan fingerprint density at radius 3 is 2.38 bits per heavy atom. The van der Waals surface area contributed by atoms with Crippen molar-refractivity contribution >= 4 is 11.4 Å². The standard InChI is InChI=1S/C12H16F2N2/c1-15-9-5-6-10(12(14)11(9)13)16-7-3-2-4-8-16/h5-6,15H,2-4,7-8H2,1H3. The number of anilines is 2. The minimum absolute atomic E-state index is 0.207. The van der Waals surface area contributed by atoms with Crippen LogP contribution in [0.15, 0.2) is 12.1 Å². The van der Waals surface area contributed by atoms with E-state index in [0.29, 0.717) is 5.69 Å². The summed E-state index contributed by atoms with van der Waals surface area (Å²) in [7, 11) is 1.58. The maximum atomic E-state index is 13.8. The Kier molecular flexibility index (Phi) is 3.27. The first-order valence-electron chi connectivity index (χ1n) is 5.64. The summed E-state index contributed by atoms with van der Waals surface area (Å²) in [5, 5.41) is 2.63. The zero-order valence-corrected chi connectivity index (χ0v) is 9.39. The lowest BCUT2D eigenvalue weighted by atomic mass is 10.1. The van der Waals surface area contributed by atoms with Crippen LogP contribution in [0.3, 0.4) is 0 Å². The summed E-state index contributed by atoms with van der Waals surface area (Å²) in [6.45, 7) is 1.63. The molecule has 0 bridgehead atoms. The molecule has 1 saturated heterocycles. The molecule has 0 spiro atoms. The van der Waals surface area contributed by atoms with Crippen molar-refractivity contribution in [3.63, 3.8) is 0 Å². The van der Waals surface area contributed by atoms with Crippen molar-refractivity contribution in [1.82, 2.24) is 0 Å². The van der Waals surface area contributed by atoms with Crippen LogP contribution in [0.25, 0.3) is 0 Å². The molecule has 1 aliphatic rings. The maximum Gasteiger partial charge on any atom is 0.184 e. The average Bonchev–Trinajstić information content (AvgIpc) is 2.34. The summed E-state index contributed by atoms with van der Waals surface area (Å²) in [6.07, 6.45) is 3.28. The molecule has 0 aromatic heterocycles. The highest BCUT2D eigenvalue weighted by molar-refractivity contribution is 5.57. The van der Waals surface area contributed by atoms with Gasteiger partial charge in [-0.25, -0.2) is 8.78 Å². The molecule has 1 fully saturated rings. The Balaban J connectivity index is 2.30. The van der Waals surface area contributed by atoms with E-state index in [4.69, 9.17) is 0 Å². The predicted molar refractivity (Wildman–Crippen MR) is 62.0 cm³/mol. The third-order valence-electron chi connectivity index (χ3n) is 3.03. The highest BCUT2D eigenvalue weighted by Gasteiger charge is 2.19. The molecular weight excluding hydrogens is 210 g/mol. The normalized spacial score (nSPS) is 16.3. The van der Waals surface area contributed by atoms with Crippen molar-refractivity contribution in [2.75, 3.05) is 30.4 Å². The Morgan fingerprint density at radius 1 is 1.06 bits per heavy atom. The van der Waals surface area contributed by atoms with E-state index in [2.05, 4.69) is 5.32 Å². The molecule has 2 rings (SSSR count). The lowest BCUT2D eigenvalue weighted by Crippen LogP contribution is -2.30. The molecule has 0 saturated carbocycles. The molecular formula is C12H16F2N2. The van der Waals surface area contributed by atoms with Gasteiger partial charge < -0.3 is 10.2 Å². The molecule has 1 aromatic carbocycles. The fourth-order valence-electron chi connectivity index (χ4n) is 2.11. The fraction of sp³-hybridized carbons (Fsp3) is 0.500. The third-order valence-corrected chi connectivity index (χ3v) is 3.03. The van der Waals surface area contributed by atoms with Gasteiger partial charge in [0.2, 0.25) is 0 Å². The van der Waals surface area contributed by atoms with E-state index in [1.54, 1.807) is 19.2 Å². The smallest absolute Gasteiger partial charge is 0.184 e. The Bertz CT molecular complexity index is 374. The number of rotatable bonds is 2. The predicted octanol–water partition coefficient (Wildman–Crippen LogP) is 3.00. The van der Waals surface area contributed by atoms with Crippen LogP contribution in [0.1, 0.15) is 19.3 Å². The van der Waals surface area contributed by atoms with Crippen LogP contribution in [-0.2, 0) is 0 Å². The second-order valence-corrected chi connectivity index (χ2v) is 4.06. The molecule has 2 nitrogen and oxygen atoms in total. The molecule has 1 heterocycles. The van der Waals surface area contributed by atoms with Crippen molar-refractivity contribution < 1.29 is 8.78 Å². The molecule has 4 heteroatoms. The average molecular weight is 226 g/mol. The summed E-state index contributed by atoms with van der Waals surface area (Å²) in [6, 6.07) is 3.23. The second kappa shape index (κ2) is 4.68. The van der Waals surface area contributed by atoms with Crippen molar-refractivity contribution in [3.8, 4) is 0 Å². The molecule has 0 unspecified atom stereocenters.